The Morgan fingerprint density at radius 3 is 1.61 bits per heavy atom. The van der Waals surface area contributed by atoms with E-state index in [0.717, 1.165) is 0 Å². The van der Waals surface area contributed by atoms with E-state index in [0.29, 0.717) is 0 Å². The summed E-state index contributed by atoms with van der Waals surface area (Å²) in [7, 11) is 0. The van der Waals surface area contributed by atoms with E-state index in [-0.39, 0.29) is 31.9 Å². The number of amides is 2. The Morgan fingerprint density at radius 1 is 0.758 bits per heavy atom. The lowest BCUT2D eigenvalue weighted by molar-refractivity contribution is -0.499. The van der Waals surface area contributed by atoms with Gasteiger partial charge in [-0.1, -0.05) is 13.8 Å². The summed E-state index contributed by atoms with van der Waals surface area (Å²) < 4.78 is 119. The van der Waals surface area contributed by atoms with Crippen molar-refractivity contribution in [1.82, 2.24) is 10.6 Å². The van der Waals surface area contributed by atoms with E-state index in [1.165, 1.54) is 26.1 Å². The zero-order valence-electron chi connectivity index (χ0n) is 17.8. The lowest BCUT2D eigenvalue weighted by Crippen LogP contribution is -2.56. The molecule has 8 nitrogen and oxygen atoms in total. The molecule has 0 spiro atoms. The van der Waals surface area contributed by atoms with Crippen molar-refractivity contribution in [1.29, 1.82) is 0 Å². The molecule has 0 aromatic carbocycles. The predicted octanol–water partition coefficient (Wildman–Crippen LogP) is 2.67. The highest BCUT2D eigenvalue weighted by Gasteiger charge is 2.69. The van der Waals surface area contributed by atoms with Crippen molar-refractivity contribution in [3.8, 4) is 0 Å². The van der Waals surface area contributed by atoms with Crippen molar-refractivity contribution in [3.05, 3.63) is 0 Å². The molecular formula is C17H24F8N2O6. The molecule has 0 aliphatic carbocycles. The van der Waals surface area contributed by atoms with Crippen LogP contribution >= 0.6 is 0 Å². The molecule has 2 N–H and O–H groups in total. The van der Waals surface area contributed by atoms with Gasteiger partial charge in [-0.15, -0.1) is 0 Å². The van der Waals surface area contributed by atoms with Gasteiger partial charge in [-0.2, -0.15) is 35.1 Å². The molecule has 0 atom stereocenters. The minimum Gasteiger partial charge on any atom is -0.378 e. The molecule has 0 aromatic heterocycles. The average Bonchev–Trinajstić information content (AvgIpc) is 2.65. The fourth-order valence-electron chi connectivity index (χ4n) is 2.18. The van der Waals surface area contributed by atoms with Crippen molar-refractivity contribution >= 4 is 17.6 Å². The molecule has 16 heteroatoms. The Hall–Kier alpha value is -2.07. The highest BCUT2D eigenvalue weighted by molar-refractivity contribution is 5.86. The van der Waals surface area contributed by atoms with Crippen LogP contribution in [0, 0.1) is 5.92 Å². The summed E-state index contributed by atoms with van der Waals surface area (Å²) in [4.78, 5) is 33.4. The molecule has 0 aliphatic heterocycles. The summed E-state index contributed by atoms with van der Waals surface area (Å²) in [5.41, 5.74) is 0. The normalized spacial score (nSPS) is 13.2. The molecule has 0 rings (SSSR count). The van der Waals surface area contributed by atoms with Crippen molar-refractivity contribution < 1.29 is 63.7 Å². The molecule has 194 valence electrons. The first-order chi connectivity index (χ1) is 14.9. The van der Waals surface area contributed by atoms with Gasteiger partial charge in [0.1, 0.15) is 0 Å². The Bertz CT molecular complexity index is 674. The van der Waals surface area contributed by atoms with E-state index in [1.54, 1.807) is 0 Å². The van der Waals surface area contributed by atoms with E-state index in [4.69, 9.17) is 4.74 Å². The topological polar surface area (TPSA) is 103 Å². The third kappa shape index (κ3) is 9.75. The number of hydrogen-bond acceptors (Lipinski definition) is 6. The van der Waals surface area contributed by atoms with Crippen LogP contribution in [0.15, 0.2) is 0 Å². The summed E-state index contributed by atoms with van der Waals surface area (Å²) in [6.07, 6.45) is -24.5. The molecule has 33 heavy (non-hydrogen) atoms. The molecule has 0 fully saturated rings. The van der Waals surface area contributed by atoms with E-state index < -0.39 is 55.2 Å². The fraction of sp³-hybridized carbons (Fsp3) is 0.824. The maximum Gasteiger partial charge on any atom is 0.453 e. The molecule has 0 saturated heterocycles. The van der Waals surface area contributed by atoms with Crippen molar-refractivity contribution in [2.45, 2.75) is 58.0 Å². The monoisotopic (exact) mass is 504 g/mol. The van der Waals surface area contributed by atoms with Crippen LogP contribution in [0.3, 0.4) is 0 Å². The highest BCUT2D eigenvalue weighted by atomic mass is 19.3. The Morgan fingerprint density at radius 2 is 1.18 bits per heavy atom. The standard InChI is InChI=1S/C17H24F8N2O6/c1-4-11(5-2)12(29)14(18,19)32-16(22,23)17(24,25)33-15(20,21)13(30)27-7-9-31-8-6-26-10(3)28/h11H,4-9H2,1-3H3,(H,26,28)(H,27,30). The second-order valence-electron chi connectivity index (χ2n) is 6.50. The predicted molar refractivity (Wildman–Crippen MR) is 93.5 cm³/mol. The average molecular weight is 504 g/mol. The van der Waals surface area contributed by atoms with E-state index in [9.17, 15) is 49.5 Å². The summed E-state index contributed by atoms with van der Waals surface area (Å²) in [5.74, 6) is -6.78. The number of Topliss-reactive ketones (excluding diaryl/α,β-unsaturated/α-hetero) is 1. The van der Waals surface area contributed by atoms with Crippen LogP contribution in [0.2, 0.25) is 0 Å². The third-order valence-corrected chi connectivity index (χ3v) is 3.91. The lowest BCUT2D eigenvalue weighted by atomic mass is 9.97. The summed E-state index contributed by atoms with van der Waals surface area (Å²) in [6.45, 7) is 2.47. The van der Waals surface area contributed by atoms with Gasteiger partial charge < -0.3 is 15.4 Å². The number of hydrogen-bond donors (Lipinski definition) is 2. The molecule has 2 amide bonds. The molecule has 0 unspecified atom stereocenters. The van der Waals surface area contributed by atoms with E-state index in [1.807, 2.05) is 0 Å². The maximum atomic E-state index is 13.7. The Labute approximate surface area is 183 Å². The number of ether oxygens (including phenoxy) is 3. The second-order valence-corrected chi connectivity index (χ2v) is 6.50. The molecule has 0 bridgehead atoms. The van der Waals surface area contributed by atoms with Crippen molar-refractivity contribution in [2.24, 2.45) is 5.92 Å². The highest BCUT2D eigenvalue weighted by Crippen LogP contribution is 2.44. The minimum atomic E-state index is -6.44. The smallest absolute Gasteiger partial charge is 0.378 e. The van der Waals surface area contributed by atoms with Crippen LogP contribution in [-0.4, -0.2) is 68.3 Å². The first-order valence-electron chi connectivity index (χ1n) is 9.49. The van der Waals surface area contributed by atoms with Gasteiger partial charge in [0.05, 0.1) is 13.2 Å². The van der Waals surface area contributed by atoms with Gasteiger partial charge in [-0.05, 0) is 12.8 Å². The molecule has 0 aromatic rings. The first-order valence-corrected chi connectivity index (χ1v) is 9.49. The van der Waals surface area contributed by atoms with Gasteiger partial charge >= 0.3 is 30.3 Å². The number of carbonyl (C=O) groups excluding carboxylic acids is 3. The second kappa shape index (κ2) is 12.4. The number of ketones is 1. The molecule has 0 saturated carbocycles. The van der Waals surface area contributed by atoms with Crippen molar-refractivity contribution in [2.75, 3.05) is 26.3 Å². The minimum absolute atomic E-state index is 0.0360. The third-order valence-electron chi connectivity index (χ3n) is 3.91. The molecule has 0 heterocycles. The molecule has 0 radical (unpaired) electrons. The van der Waals surface area contributed by atoms with E-state index in [2.05, 4.69) is 14.8 Å². The van der Waals surface area contributed by atoms with Gasteiger partial charge in [0.2, 0.25) is 11.7 Å². The molecular weight excluding hydrogens is 480 g/mol. The summed E-state index contributed by atoms with van der Waals surface area (Å²) in [6, 6.07) is 0. The van der Waals surface area contributed by atoms with Crippen molar-refractivity contribution in [3.63, 3.8) is 0 Å². The van der Waals surface area contributed by atoms with Gasteiger partial charge in [0, 0.05) is 25.9 Å². The van der Waals surface area contributed by atoms with Crippen LogP contribution in [0.4, 0.5) is 35.1 Å². The van der Waals surface area contributed by atoms with Gasteiger partial charge in [0.25, 0.3) is 0 Å². The first kappa shape index (κ1) is 30.9. The number of halogens is 8. The van der Waals surface area contributed by atoms with E-state index >= 15 is 0 Å². The molecule has 0 aliphatic rings. The quantitative estimate of drug-likeness (QED) is 0.248. The van der Waals surface area contributed by atoms with Crippen LogP contribution in [0.5, 0.6) is 0 Å². The number of carbonyl (C=O) groups is 3. The Balaban J connectivity index is 4.99. The SMILES string of the molecule is CCC(CC)C(=O)C(F)(F)OC(F)(F)C(F)(F)OC(F)(F)C(=O)NCCOCCNC(C)=O. The Kier molecular flexibility index (Phi) is 11.6. The number of nitrogens with one attached hydrogen (secondary N) is 2. The fourth-order valence-corrected chi connectivity index (χ4v) is 2.18. The number of alkyl halides is 8. The lowest BCUT2D eigenvalue weighted by Gasteiger charge is -2.31. The summed E-state index contributed by atoms with van der Waals surface area (Å²) in [5, 5.41) is 3.66. The largest absolute Gasteiger partial charge is 0.453 e. The van der Waals surface area contributed by atoms with Gasteiger partial charge in [-0.3, -0.25) is 14.4 Å². The van der Waals surface area contributed by atoms with Crippen LogP contribution in [0.1, 0.15) is 33.6 Å². The zero-order chi connectivity index (χ0) is 26.1. The van der Waals surface area contributed by atoms with Crippen LogP contribution in [-0.2, 0) is 28.6 Å². The van der Waals surface area contributed by atoms with Crippen LogP contribution < -0.4 is 10.6 Å². The summed E-state index contributed by atoms with van der Waals surface area (Å²) >= 11 is 0. The zero-order valence-corrected chi connectivity index (χ0v) is 17.8. The van der Waals surface area contributed by atoms with Gasteiger partial charge in [0.15, 0.2) is 0 Å². The van der Waals surface area contributed by atoms with Crippen LogP contribution in [0.25, 0.3) is 0 Å². The van der Waals surface area contributed by atoms with Gasteiger partial charge in [-0.25, -0.2) is 9.47 Å². The number of rotatable bonds is 16. The maximum absolute atomic E-state index is 13.7.